The Bertz CT molecular complexity index is 136. The molecule has 0 spiro atoms. The van der Waals surface area contributed by atoms with Crippen LogP contribution >= 0.6 is 0 Å². The lowest BCUT2D eigenvalue weighted by Gasteiger charge is -2.39. The molecular weight excluding hydrogens is 138 g/mol. The molecule has 2 rings (SSSR count). The van der Waals surface area contributed by atoms with Gasteiger partial charge in [0.15, 0.2) is 0 Å². The van der Waals surface area contributed by atoms with Gasteiger partial charge in [-0.1, -0.05) is 12.8 Å². The molecule has 2 nitrogen and oxygen atoms in total. The van der Waals surface area contributed by atoms with Gasteiger partial charge in [-0.2, -0.15) is 0 Å². The van der Waals surface area contributed by atoms with Crippen LogP contribution in [0, 0.1) is 5.92 Å². The van der Waals surface area contributed by atoms with Gasteiger partial charge in [-0.15, -0.1) is 0 Å². The maximum Gasteiger partial charge on any atom is 0.0595 e. The van der Waals surface area contributed by atoms with Crippen molar-refractivity contribution in [1.82, 2.24) is 5.32 Å². The molecule has 1 saturated carbocycles. The Balaban J connectivity index is 1.99. The number of hydrogen-bond donors (Lipinski definition) is 2. The van der Waals surface area contributed by atoms with Crippen molar-refractivity contribution in [1.29, 1.82) is 0 Å². The van der Waals surface area contributed by atoms with Crippen LogP contribution in [0.2, 0.25) is 0 Å². The molecule has 1 aliphatic heterocycles. The van der Waals surface area contributed by atoms with E-state index in [0.717, 1.165) is 13.0 Å². The second-order valence-electron chi connectivity index (χ2n) is 3.86. The summed E-state index contributed by atoms with van der Waals surface area (Å²) >= 11 is 0. The fraction of sp³-hybridized carbons (Fsp3) is 1.00. The molecule has 0 amide bonds. The highest BCUT2D eigenvalue weighted by Crippen LogP contribution is 2.30. The summed E-state index contributed by atoms with van der Waals surface area (Å²) in [5.74, 6) is 0.567. The zero-order valence-corrected chi connectivity index (χ0v) is 6.92. The van der Waals surface area contributed by atoms with E-state index >= 15 is 0 Å². The number of aliphatic hydroxyl groups is 1. The molecule has 2 N–H and O–H groups in total. The predicted octanol–water partition coefficient (Wildman–Crippen LogP) is 0.899. The Morgan fingerprint density at radius 1 is 1.09 bits per heavy atom. The predicted molar refractivity (Wildman–Crippen MR) is 44.4 cm³/mol. The summed E-state index contributed by atoms with van der Waals surface area (Å²) in [4.78, 5) is 0. The Labute approximate surface area is 68.0 Å². The molecular formula is C9H17NO. The third kappa shape index (κ3) is 1.42. The maximum atomic E-state index is 9.66. The van der Waals surface area contributed by atoms with Crippen LogP contribution in [0.15, 0.2) is 0 Å². The molecule has 2 fully saturated rings. The highest BCUT2D eigenvalue weighted by atomic mass is 16.3. The lowest BCUT2D eigenvalue weighted by Crippen LogP contribution is -2.49. The first-order valence-electron chi connectivity index (χ1n) is 4.79. The molecule has 1 aliphatic carbocycles. The number of rotatable bonds is 0. The van der Waals surface area contributed by atoms with Gasteiger partial charge < -0.3 is 10.4 Å². The minimum Gasteiger partial charge on any atom is -0.393 e. The average molecular weight is 155 g/mol. The SMILES string of the molecule is O[C@H]1CCN[C@@H]2CCCC[C@@H]12. The highest BCUT2D eigenvalue weighted by molar-refractivity contribution is 4.89. The van der Waals surface area contributed by atoms with Crippen molar-refractivity contribution in [3.63, 3.8) is 0 Å². The molecule has 0 aromatic rings. The summed E-state index contributed by atoms with van der Waals surface area (Å²) in [6.45, 7) is 1.02. The van der Waals surface area contributed by atoms with Gasteiger partial charge >= 0.3 is 0 Å². The van der Waals surface area contributed by atoms with Crippen molar-refractivity contribution in [2.45, 2.75) is 44.2 Å². The molecule has 11 heavy (non-hydrogen) atoms. The molecule has 1 heterocycles. The van der Waals surface area contributed by atoms with E-state index in [1.807, 2.05) is 0 Å². The second-order valence-corrected chi connectivity index (χ2v) is 3.86. The fourth-order valence-electron chi connectivity index (χ4n) is 2.50. The molecule has 3 atom stereocenters. The van der Waals surface area contributed by atoms with Crippen LogP contribution in [0.25, 0.3) is 0 Å². The van der Waals surface area contributed by atoms with E-state index in [0.29, 0.717) is 12.0 Å². The van der Waals surface area contributed by atoms with E-state index in [1.165, 1.54) is 25.7 Å². The van der Waals surface area contributed by atoms with Gasteiger partial charge in [-0.05, 0) is 25.8 Å². The molecule has 0 unspecified atom stereocenters. The zero-order chi connectivity index (χ0) is 7.68. The Hall–Kier alpha value is -0.0800. The van der Waals surface area contributed by atoms with E-state index in [2.05, 4.69) is 5.32 Å². The number of nitrogens with one attached hydrogen (secondary N) is 1. The number of fused-ring (bicyclic) bond motifs is 1. The summed E-state index contributed by atoms with van der Waals surface area (Å²) < 4.78 is 0. The molecule has 1 saturated heterocycles. The number of piperidine rings is 1. The third-order valence-corrected chi connectivity index (χ3v) is 3.16. The first-order valence-corrected chi connectivity index (χ1v) is 4.79. The van der Waals surface area contributed by atoms with Crippen molar-refractivity contribution in [2.75, 3.05) is 6.54 Å². The van der Waals surface area contributed by atoms with Crippen LogP contribution in [-0.4, -0.2) is 23.8 Å². The van der Waals surface area contributed by atoms with Gasteiger partial charge in [-0.3, -0.25) is 0 Å². The smallest absolute Gasteiger partial charge is 0.0595 e. The van der Waals surface area contributed by atoms with E-state index in [4.69, 9.17) is 0 Å². The van der Waals surface area contributed by atoms with E-state index in [9.17, 15) is 5.11 Å². The van der Waals surface area contributed by atoms with Crippen LogP contribution in [0.4, 0.5) is 0 Å². The van der Waals surface area contributed by atoms with Gasteiger partial charge in [0.2, 0.25) is 0 Å². The Kier molecular flexibility index (Phi) is 2.14. The molecule has 64 valence electrons. The highest BCUT2D eigenvalue weighted by Gasteiger charge is 2.33. The van der Waals surface area contributed by atoms with Crippen molar-refractivity contribution >= 4 is 0 Å². The van der Waals surface area contributed by atoms with Crippen molar-refractivity contribution in [2.24, 2.45) is 5.92 Å². The largest absolute Gasteiger partial charge is 0.393 e. The standard InChI is InChI=1S/C9H17NO/c11-9-5-6-10-8-4-2-1-3-7(8)9/h7-11H,1-6H2/t7-,8-,9+/m1/s1. The summed E-state index contributed by atoms with van der Waals surface area (Å²) in [5, 5.41) is 13.2. The molecule has 0 aromatic carbocycles. The van der Waals surface area contributed by atoms with E-state index < -0.39 is 0 Å². The van der Waals surface area contributed by atoms with E-state index in [1.54, 1.807) is 0 Å². The summed E-state index contributed by atoms with van der Waals surface area (Å²) in [5.41, 5.74) is 0. The fourth-order valence-corrected chi connectivity index (χ4v) is 2.50. The third-order valence-electron chi connectivity index (χ3n) is 3.16. The lowest BCUT2D eigenvalue weighted by atomic mass is 9.78. The zero-order valence-electron chi connectivity index (χ0n) is 6.92. The molecule has 0 radical (unpaired) electrons. The Morgan fingerprint density at radius 2 is 1.91 bits per heavy atom. The quantitative estimate of drug-likeness (QED) is 0.544. The van der Waals surface area contributed by atoms with Crippen LogP contribution in [0.1, 0.15) is 32.1 Å². The lowest BCUT2D eigenvalue weighted by molar-refractivity contribution is 0.0317. The van der Waals surface area contributed by atoms with Crippen LogP contribution in [-0.2, 0) is 0 Å². The summed E-state index contributed by atoms with van der Waals surface area (Å²) in [7, 11) is 0. The topological polar surface area (TPSA) is 32.3 Å². The maximum absolute atomic E-state index is 9.66. The van der Waals surface area contributed by atoms with E-state index in [-0.39, 0.29) is 6.10 Å². The molecule has 2 heteroatoms. The van der Waals surface area contributed by atoms with Crippen LogP contribution < -0.4 is 5.32 Å². The first kappa shape index (κ1) is 7.56. The van der Waals surface area contributed by atoms with Gasteiger partial charge in [-0.25, -0.2) is 0 Å². The number of hydrogen-bond acceptors (Lipinski definition) is 2. The van der Waals surface area contributed by atoms with Crippen LogP contribution in [0.3, 0.4) is 0 Å². The van der Waals surface area contributed by atoms with Gasteiger partial charge in [0, 0.05) is 12.0 Å². The minimum absolute atomic E-state index is 0.0125. The molecule has 0 bridgehead atoms. The first-order chi connectivity index (χ1) is 5.38. The number of aliphatic hydroxyl groups excluding tert-OH is 1. The van der Waals surface area contributed by atoms with Crippen molar-refractivity contribution in [3.8, 4) is 0 Å². The van der Waals surface area contributed by atoms with Crippen molar-refractivity contribution in [3.05, 3.63) is 0 Å². The Morgan fingerprint density at radius 3 is 2.73 bits per heavy atom. The minimum atomic E-state index is -0.0125. The van der Waals surface area contributed by atoms with Crippen molar-refractivity contribution < 1.29 is 5.11 Å². The van der Waals surface area contributed by atoms with Gasteiger partial charge in [0.05, 0.1) is 6.10 Å². The normalized spacial score (nSPS) is 45.0. The molecule has 0 aromatic heterocycles. The summed E-state index contributed by atoms with van der Waals surface area (Å²) in [6, 6.07) is 0.632. The van der Waals surface area contributed by atoms with Gasteiger partial charge in [0.1, 0.15) is 0 Å². The molecule has 2 aliphatic rings. The summed E-state index contributed by atoms with van der Waals surface area (Å²) in [6.07, 6.45) is 6.13. The average Bonchev–Trinajstić information content (AvgIpc) is 2.06. The second kappa shape index (κ2) is 3.11. The van der Waals surface area contributed by atoms with Gasteiger partial charge in [0.25, 0.3) is 0 Å². The van der Waals surface area contributed by atoms with Crippen LogP contribution in [0.5, 0.6) is 0 Å². The monoisotopic (exact) mass is 155 g/mol.